The van der Waals surface area contributed by atoms with Crippen LogP contribution in [0.4, 0.5) is 5.69 Å². The Morgan fingerprint density at radius 2 is 1.82 bits per heavy atom. The summed E-state index contributed by atoms with van der Waals surface area (Å²) in [5.74, 6) is -0.893. The van der Waals surface area contributed by atoms with Gasteiger partial charge < -0.3 is 9.30 Å². The molecule has 2 aromatic carbocycles. The second-order valence-electron chi connectivity index (χ2n) is 5.75. The van der Waals surface area contributed by atoms with Gasteiger partial charge in [-0.25, -0.2) is 4.79 Å². The van der Waals surface area contributed by atoms with Gasteiger partial charge in [-0.1, -0.05) is 11.3 Å². The van der Waals surface area contributed by atoms with Gasteiger partial charge in [-0.2, -0.15) is 4.99 Å². The van der Waals surface area contributed by atoms with E-state index < -0.39 is 16.8 Å². The van der Waals surface area contributed by atoms with Gasteiger partial charge in [0.1, 0.15) is 0 Å². The Kier molecular flexibility index (Phi) is 5.65. The summed E-state index contributed by atoms with van der Waals surface area (Å²) in [7, 11) is 0. The van der Waals surface area contributed by atoms with Crippen LogP contribution in [0.15, 0.2) is 47.5 Å². The molecule has 28 heavy (non-hydrogen) atoms. The van der Waals surface area contributed by atoms with E-state index in [2.05, 4.69) is 4.99 Å². The van der Waals surface area contributed by atoms with E-state index in [-0.39, 0.29) is 11.3 Å². The van der Waals surface area contributed by atoms with Crippen molar-refractivity contribution in [1.29, 1.82) is 0 Å². The molecule has 1 amide bonds. The predicted octanol–water partition coefficient (Wildman–Crippen LogP) is 3.55. The largest absolute Gasteiger partial charge is 0.462 e. The number of thiazole rings is 1. The van der Waals surface area contributed by atoms with Crippen LogP contribution in [-0.4, -0.2) is 28.0 Å². The van der Waals surface area contributed by atoms with Crippen molar-refractivity contribution in [2.45, 2.75) is 20.4 Å². The number of carbonyl (C=O) groups is 2. The third-order valence-electron chi connectivity index (χ3n) is 4.03. The zero-order chi connectivity index (χ0) is 20.3. The predicted molar refractivity (Wildman–Crippen MR) is 104 cm³/mol. The molecular formula is C19H17N3O5S. The molecule has 0 unspecified atom stereocenters. The van der Waals surface area contributed by atoms with E-state index in [1.807, 2.05) is 11.5 Å². The van der Waals surface area contributed by atoms with Crippen LogP contribution in [0.25, 0.3) is 10.2 Å². The molecule has 9 heteroatoms. The summed E-state index contributed by atoms with van der Waals surface area (Å²) in [6.07, 6.45) is 0. The highest BCUT2D eigenvalue weighted by Gasteiger charge is 2.13. The average Bonchev–Trinajstić information content (AvgIpc) is 3.04. The monoisotopic (exact) mass is 399 g/mol. The molecule has 0 spiro atoms. The normalized spacial score (nSPS) is 11.6. The Balaban J connectivity index is 2.02. The minimum absolute atomic E-state index is 0.0893. The molecule has 1 heterocycles. The van der Waals surface area contributed by atoms with E-state index in [1.165, 1.54) is 35.6 Å². The summed E-state index contributed by atoms with van der Waals surface area (Å²) in [6, 6.07) is 10.5. The van der Waals surface area contributed by atoms with E-state index in [4.69, 9.17) is 4.74 Å². The summed E-state index contributed by atoms with van der Waals surface area (Å²) in [6.45, 7) is 4.56. The standard InChI is InChI=1S/C19H17N3O5S/c1-3-21-15-10-7-13(18(24)27-4-2)11-16(15)28-19(21)20-17(23)12-5-8-14(9-6-12)22(25)26/h5-11H,3-4H2,1-2H3. The molecule has 3 aromatic rings. The summed E-state index contributed by atoms with van der Waals surface area (Å²) >= 11 is 1.29. The molecule has 0 radical (unpaired) electrons. The van der Waals surface area contributed by atoms with Crippen LogP contribution in [0.2, 0.25) is 0 Å². The van der Waals surface area contributed by atoms with Crippen LogP contribution in [0.1, 0.15) is 34.6 Å². The number of benzene rings is 2. The van der Waals surface area contributed by atoms with Crippen LogP contribution >= 0.6 is 11.3 Å². The van der Waals surface area contributed by atoms with Crippen LogP contribution in [0.3, 0.4) is 0 Å². The van der Waals surface area contributed by atoms with Crippen LogP contribution in [0, 0.1) is 10.1 Å². The van der Waals surface area contributed by atoms with Crippen molar-refractivity contribution < 1.29 is 19.2 Å². The molecule has 0 aliphatic carbocycles. The number of aryl methyl sites for hydroxylation is 1. The number of hydrogen-bond acceptors (Lipinski definition) is 6. The molecule has 0 atom stereocenters. The number of aromatic nitrogens is 1. The van der Waals surface area contributed by atoms with Crippen molar-refractivity contribution in [3.8, 4) is 0 Å². The van der Waals surface area contributed by atoms with Gasteiger partial charge in [-0.05, 0) is 44.2 Å². The number of nitro benzene ring substituents is 1. The van der Waals surface area contributed by atoms with Gasteiger partial charge in [0.25, 0.3) is 11.6 Å². The van der Waals surface area contributed by atoms with Crippen molar-refractivity contribution in [2.24, 2.45) is 4.99 Å². The lowest BCUT2D eigenvalue weighted by atomic mass is 10.2. The Labute approximate surface area is 163 Å². The molecule has 1 aromatic heterocycles. The van der Waals surface area contributed by atoms with Crippen molar-refractivity contribution in [1.82, 2.24) is 4.57 Å². The number of non-ortho nitro benzene ring substituents is 1. The van der Waals surface area contributed by atoms with Crippen molar-refractivity contribution in [3.63, 3.8) is 0 Å². The highest BCUT2D eigenvalue weighted by atomic mass is 32.1. The smallest absolute Gasteiger partial charge is 0.338 e. The maximum absolute atomic E-state index is 12.5. The molecule has 0 bridgehead atoms. The van der Waals surface area contributed by atoms with E-state index in [0.29, 0.717) is 23.5 Å². The summed E-state index contributed by atoms with van der Waals surface area (Å²) in [4.78, 5) is 39.3. The van der Waals surface area contributed by atoms with Gasteiger partial charge in [0.15, 0.2) is 4.80 Å². The van der Waals surface area contributed by atoms with Crippen molar-refractivity contribution in [3.05, 3.63) is 68.5 Å². The molecule has 144 valence electrons. The first-order valence-corrected chi connectivity index (χ1v) is 9.40. The lowest BCUT2D eigenvalue weighted by molar-refractivity contribution is -0.384. The zero-order valence-corrected chi connectivity index (χ0v) is 16.1. The molecule has 0 N–H and O–H groups in total. The topological polar surface area (TPSA) is 104 Å². The molecule has 3 rings (SSSR count). The van der Waals surface area contributed by atoms with Crippen molar-refractivity contribution in [2.75, 3.05) is 6.61 Å². The van der Waals surface area contributed by atoms with Crippen LogP contribution in [-0.2, 0) is 11.3 Å². The first-order valence-electron chi connectivity index (χ1n) is 8.58. The maximum atomic E-state index is 12.5. The van der Waals surface area contributed by atoms with Gasteiger partial charge in [-0.15, -0.1) is 0 Å². The molecule has 0 saturated heterocycles. The number of amides is 1. The molecule has 0 fully saturated rings. The van der Waals surface area contributed by atoms with Crippen LogP contribution < -0.4 is 4.80 Å². The van der Waals surface area contributed by atoms with Gasteiger partial charge in [-0.3, -0.25) is 14.9 Å². The minimum atomic E-state index is -0.524. The first kappa shape index (κ1) is 19.4. The number of nitrogens with zero attached hydrogens (tertiary/aromatic N) is 3. The quantitative estimate of drug-likeness (QED) is 0.371. The third-order valence-corrected chi connectivity index (χ3v) is 5.07. The van der Waals surface area contributed by atoms with Gasteiger partial charge >= 0.3 is 5.97 Å². The second-order valence-corrected chi connectivity index (χ2v) is 6.76. The number of rotatable bonds is 5. The molecular weight excluding hydrogens is 382 g/mol. The molecule has 0 saturated carbocycles. The molecule has 0 aliphatic rings. The fraction of sp³-hybridized carbons (Fsp3) is 0.211. The number of carbonyl (C=O) groups excluding carboxylic acids is 2. The first-order chi connectivity index (χ1) is 13.4. The average molecular weight is 399 g/mol. The lowest BCUT2D eigenvalue weighted by Gasteiger charge is -2.03. The van der Waals surface area contributed by atoms with E-state index in [0.717, 1.165) is 10.2 Å². The Morgan fingerprint density at radius 1 is 1.14 bits per heavy atom. The summed E-state index contributed by atoms with van der Waals surface area (Å²) < 4.78 is 7.70. The summed E-state index contributed by atoms with van der Waals surface area (Å²) in [5, 5.41) is 10.7. The van der Waals surface area contributed by atoms with Crippen LogP contribution in [0.5, 0.6) is 0 Å². The number of hydrogen-bond donors (Lipinski definition) is 0. The van der Waals surface area contributed by atoms with Gasteiger partial charge in [0.05, 0.1) is 27.3 Å². The zero-order valence-electron chi connectivity index (χ0n) is 15.2. The minimum Gasteiger partial charge on any atom is -0.462 e. The number of nitro groups is 1. The highest BCUT2D eigenvalue weighted by Crippen LogP contribution is 2.20. The second kappa shape index (κ2) is 8.13. The highest BCUT2D eigenvalue weighted by molar-refractivity contribution is 7.16. The fourth-order valence-electron chi connectivity index (χ4n) is 2.68. The third kappa shape index (κ3) is 3.84. The SMILES string of the molecule is CCOC(=O)c1ccc2c(c1)sc(=NC(=O)c1ccc([N+](=O)[O-])cc1)n2CC. The molecule has 8 nitrogen and oxygen atoms in total. The Hall–Kier alpha value is -3.33. The fourth-order valence-corrected chi connectivity index (χ4v) is 3.81. The van der Waals surface area contributed by atoms with Gasteiger partial charge in [0, 0.05) is 24.2 Å². The number of esters is 1. The summed E-state index contributed by atoms with van der Waals surface area (Å²) in [5.41, 5.74) is 1.47. The number of ether oxygens (including phenoxy) is 1. The number of fused-ring (bicyclic) bond motifs is 1. The Morgan fingerprint density at radius 3 is 2.43 bits per heavy atom. The van der Waals surface area contributed by atoms with E-state index >= 15 is 0 Å². The van der Waals surface area contributed by atoms with E-state index in [9.17, 15) is 19.7 Å². The molecule has 0 aliphatic heterocycles. The van der Waals surface area contributed by atoms with Gasteiger partial charge in [0.2, 0.25) is 0 Å². The lowest BCUT2D eigenvalue weighted by Crippen LogP contribution is -2.15. The van der Waals surface area contributed by atoms with E-state index in [1.54, 1.807) is 25.1 Å². The van der Waals surface area contributed by atoms with Crippen molar-refractivity contribution >= 4 is 39.1 Å². The Bertz CT molecular complexity index is 1130. The maximum Gasteiger partial charge on any atom is 0.338 e.